The van der Waals surface area contributed by atoms with Crippen LogP contribution in [-0.4, -0.2) is 32.8 Å². The van der Waals surface area contributed by atoms with E-state index in [1.54, 1.807) is 0 Å². The van der Waals surface area contributed by atoms with E-state index in [1.165, 1.54) is 18.4 Å². The lowest BCUT2D eigenvalue weighted by atomic mass is 9.98. The van der Waals surface area contributed by atoms with Crippen LogP contribution in [-0.2, 0) is 6.54 Å². The van der Waals surface area contributed by atoms with Crippen molar-refractivity contribution in [2.45, 2.75) is 33.2 Å². The maximum Gasteiger partial charge on any atom is 0.175 e. The summed E-state index contributed by atoms with van der Waals surface area (Å²) in [6.07, 6.45) is 2.54. The summed E-state index contributed by atoms with van der Waals surface area (Å²) < 4.78 is 12.3. The number of hydrogen-bond donors (Lipinski definition) is 2. The maximum atomic E-state index is 5.72. The number of rotatable bonds is 8. The Kier molecular flexibility index (Phi) is 7.49. The van der Waals surface area contributed by atoms with Crippen LogP contribution in [0.3, 0.4) is 0 Å². The van der Waals surface area contributed by atoms with Gasteiger partial charge in [-0.05, 0) is 85.9 Å². The molecule has 0 spiro atoms. The van der Waals surface area contributed by atoms with Gasteiger partial charge >= 0.3 is 0 Å². The molecule has 1 aliphatic heterocycles. The Balaban J connectivity index is 1.94. The summed E-state index contributed by atoms with van der Waals surface area (Å²) in [6.45, 7) is 9.48. The van der Waals surface area contributed by atoms with Gasteiger partial charge in [-0.25, -0.2) is 0 Å². The molecule has 0 unspecified atom stereocenters. The van der Waals surface area contributed by atoms with Crippen molar-refractivity contribution in [1.29, 1.82) is 0 Å². The minimum atomic E-state index is 0.631. The van der Waals surface area contributed by atoms with Crippen LogP contribution < -0.4 is 20.1 Å². The predicted molar refractivity (Wildman–Crippen MR) is 93.8 cm³/mol. The molecule has 1 fully saturated rings. The van der Waals surface area contributed by atoms with Crippen molar-refractivity contribution < 1.29 is 9.47 Å². The van der Waals surface area contributed by atoms with Gasteiger partial charge in [0, 0.05) is 6.54 Å². The largest absolute Gasteiger partial charge is 0.490 e. The average Bonchev–Trinajstić information content (AvgIpc) is 2.52. The first-order valence-electron chi connectivity index (χ1n) is 8.24. The highest BCUT2D eigenvalue weighted by atomic mass is 79.9. The van der Waals surface area contributed by atoms with Crippen molar-refractivity contribution in [2.24, 2.45) is 5.92 Å². The summed E-state index contributed by atoms with van der Waals surface area (Å²) in [7, 11) is 0. The van der Waals surface area contributed by atoms with E-state index in [1.807, 2.05) is 13.8 Å². The zero-order valence-corrected chi connectivity index (χ0v) is 15.2. The van der Waals surface area contributed by atoms with Crippen molar-refractivity contribution in [3.05, 3.63) is 22.2 Å². The Morgan fingerprint density at radius 2 is 1.91 bits per heavy atom. The van der Waals surface area contributed by atoms with Gasteiger partial charge in [-0.1, -0.05) is 0 Å². The fourth-order valence-electron chi connectivity index (χ4n) is 2.78. The van der Waals surface area contributed by atoms with E-state index in [0.717, 1.165) is 48.1 Å². The van der Waals surface area contributed by atoms with E-state index in [9.17, 15) is 0 Å². The molecule has 0 atom stereocenters. The van der Waals surface area contributed by atoms with Crippen LogP contribution in [0.2, 0.25) is 0 Å². The lowest BCUT2D eigenvalue weighted by Gasteiger charge is -2.23. The molecular weight excluding hydrogens is 344 g/mol. The molecule has 1 saturated heterocycles. The maximum absolute atomic E-state index is 5.72. The van der Waals surface area contributed by atoms with Crippen LogP contribution in [0.4, 0.5) is 0 Å². The second-order valence-electron chi connectivity index (χ2n) is 5.60. The van der Waals surface area contributed by atoms with Gasteiger partial charge in [-0.15, -0.1) is 0 Å². The molecule has 0 radical (unpaired) electrons. The summed E-state index contributed by atoms with van der Waals surface area (Å²) in [5.41, 5.74) is 1.22. The van der Waals surface area contributed by atoms with Gasteiger partial charge in [0.25, 0.3) is 0 Å². The summed E-state index contributed by atoms with van der Waals surface area (Å²) in [5.74, 6) is 2.41. The first-order valence-corrected chi connectivity index (χ1v) is 9.03. The van der Waals surface area contributed by atoms with Gasteiger partial charge in [-0.2, -0.15) is 0 Å². The van der Waals surface area contributed by atoms with Crippen molar-refractivity contribution in [3.63, 3.8) is 0 Å². The molecule has 22 heavy (non-hydrogen) atoms. The SMILES string of the molecule is CCOc1cc(CNCC2CCNCC2)cc(Br)c1OCC. The molecule has 0 amide bonds. The number of piperidine rings is 1. The summed E-state index contributed by atoms with van der Waals surface area (Å²) in [4.78, 5) is 0. The van der Waals surface area contributed by atoms with Crippen molar-refractivity contribution in [2.75, 3.05) is 32.8 Å². The molecule has 124 valence electrons. The van der Waals surface area contributed by atoms with Crippen LogP contribution in [0.5, 0.6) is 11.5 Å². The number of nitrogens with one attached hydrogen (secondary N) is 2. The standard InChI is InChI=1S/C17H27BrN2O2/c1-3-21-16-10-14(9-15(18)17(16)22-4-2)12-20-11-13-5-7-19-8-6-13/h9-10,13,19-20H,3-8,11-12H2,1-2H3. The summed E-state index contributed by atoms with van der Waals surface area (Å²) in [6, 6.07) is 4.19. The summed E-state index contributed by atoms with van der Waals surface area (Å²) in [5, 5.41) is 6.98. The highest BCUT2D eigenvalue weighted by Gasteiger charge is 2.14. The van der Waals surface area contributed by atoms with Crippen LogP contribution in [0.15, 0.2) is 16.6 Å². The van der Waals surface area contributed by atoms with E-state index in [0.29, 0.717) is 13.2 Å². The van der Waals surface area contributed by atoms with Crippen LogP contribution >= 0.6 is 15.9 Å². The molecule has 0 aliphatic carbocycles. The predicted octanol–water partition coefficient (Wildman–Crippen LogP) is 3.34. The first-order chi connectivity index (χ1) is 10.7. The third-order valence-corrected chi connectivity index (χ3v) is 4.47. The Morgan fingerprint density at radius 1 is 1.18 bits per heavy atom. The lowest BCUT2D eigenvalue weighted by Crippen LogP contribution is -2.33. The summed E-state index contributed by atoms with van der Waals surface area (Å²) >= 11 is 3.60. The van der Waals surface area contributed by atoms with E-state index in [4.69, 9.17) is 9.47 Å². The smallest absolute Gasteiger partial charge is 0.175 e. The molecule has 2 N–H and O–H groups in total. The van der Waals surface area contributed by atoms with Gasteiger partial charge in [-0.3, -0.25) is 0 Å². The van der Waals surface area contributed by atoms with E-state index < -0.39 is 0 Å². The lowest BCUT2D eigenvalue weighted by molar-refractivity contribution is 0.286. The Bertz CT molecular complexity index is 462. The third kappa shape index (κ3) is 5.14. The number of ether oxygens (including phenoxy) is 2. The fourth-order valence-corrected chi connectivity index (χ4v) is 3.38. The molecule has 5 heteroatoms. The fraction of sp³-hybridized carbons (Fsp3) is 0.647. The molecule has 0 bridgehead atoms. The van der Waals surface area contributed by atoms with Crippen molar-refractivity contribution in [1.82, 2.24) is 10.6 Å². The van der Waals surface area contributed by atoms with Crippen LogP contribution in [0, 0.1) is 5.92 Å². The quantitative estimate of drug-likeness (QED) is 0.736. The van der Waals surface area contributed by atoms with Gasteiger partial charge in [0.2, 0.25) is 0 Å². The van der Waals surface area contributed by atoms with E-state index >= 15 is 0 Å². The molecular formula is C17H27BrN2O2. The first kappa shape index (κ1) is 17.6. The van der Waals surface area contributed by atoms with Gasteiger partial charge in [0.1, 0.15) is 0 Å². The topological polar surface area (TPSA) is 42.5 Å². The van der Waals surface area contributed by atoms with E-state index in [-0.39, 0.29) is 0 Å². The Hall–Kier alpha value is -0.780. The minimum absolute atomic E-state index is 0.631. The number of halogens is 1. The Labute approximate surface area is 142 Å². The molecule has 0 saturated carbocycles. The third-order valence-electron chi connectivity index (χ3n) is 3.88. The minimum Gasteiger partial charge on any atom is -0.490 e. The molecule has 1 aliphatic rings. The highest BCUT2D eigenvalue weighted by molar-refractivity contribution is 9.10. The highest BCUT2D eigenvalue weighted by Crippen LogP contribution is 2.36. The zero-order chi connectivity index (χ0) is 15.8. The number of benzene rings is 1. The van der Waals surface area contributed by atoms with Gasteiger partial charge in [0.15, 0.2) is 11.5 Å². The van der Waals surface area contributed by atoms with Gasteiger partial charge < -0.3 is 20.1 Å². The zero-order valence-electron chi connectivity index (χ0n) is 13.6. The second-order valence-corrected chi connectivity index (χ2v) is 6.45. The molecule has 1 heterocycles. The van der Waals surface area contributed by atoms with Crippen LogP contribution in [0.1, 0.15) is 32.3 Å². The van der Waals surface area contributed by atoms with Gasteiger partial charge in [0.05, 0.1) is 17.7 Å². The molecule has 1 aromatic carbocycles. The van der Waals surface area contributed by atoms with Crippen LogP contribution in [0.25, 0.3) is 0 Å². The molecule has 2 rings (SSSR count). The Morgan fingerprint density at radius 3 is 2.59 bits per heavy atom. The van der Waals surface area contributed by atoms with Crippen molar-refractivity contribution in [3.8, 4) is 11.5 Å². The molecule has 0 aromatic heterocycles. The molecule has 4 nitrogen and oxygen atoms in total. The van der Waals surface area contributed by atoms with E-state index in [2.05, 4.69) is 38.7 Å². The number of hydrogen-bond acceptors (Lipinski definition) is 4. The second kappa shape index (κ2) is 9.38. The average molecular weight is 371 g/mol. The van der Waals surface area contributed by atoms with Crippen molar-refractivity contribution >= 4 is 15.9 Å². The molecule has 1 aromatic rings. The normalized spacial score (nSPS) is 15.8. The monoisotopic (exact) mass is 370 g/mol.